The van der Waals surface area contributed by atoms with Crippen molar-refractivity contribution in [1.82, 2.24) is 0 Å². The lowest BCUT2D eigenvalue weighted by Gasteiger charge is -2.03. The molecular weight excluding hydrogens is 254 g/mol. The Labute approximate surface area is 106 Å². The van der Waals surface area contributed by atoms with Gasteiger partial charge < -0.3 is 20.3 Å². The van der Waals surface area contributed by atoms with Gasteiger partial charge in [-0.05, 0) is 17.7 Å². The van der Waals surface area contributed by atoms with E-state index in [0.717, 1.165) is 5.56 Å². The molecule has 0 bridgehead atoms. The summed E-state index contributed by atoms with van der Waals surface area (Å²) in [5, 5.41) is 11.2. The van der Waals surface area contributed by atoms with E-state index in [9.17, 15) is 4.79 Å². The monoisotopic (exact) mass is 263 g/mol. The average Bonchev–Trinajstić information content (AvgIpc) is 2.93. The molecule has 5 nitrogen and oxygen atoms in total. The second-order valence-corrected chi connectivity index (χ2v) is 4.67. The van der Waals surface area contributed by atoms with E-state index in [0.29, 0.717) is 22.1 Å². The van der Waals surface area contributed by atoms with Crippen LogP contribution in [0.25, 0.3) is 11.1 Å². The predicted octanol–water partition coefficient (Wildman–Crippen LogP) is 2.42. The van der Waals surface area contributed by atoms with E-state index in [1.54, 1.807) is 23.6 Å². The zero-order valence-electron chi connectivity index (χ0n) is 9.17. The van der Waals surface area contributed by atoms with Gasteiger partial charge in [-0.3, -0.25) is 0 Å². The van der Waals surface area contributed by atoms with Gasteiger partial charge in [-0.1, -0.05) is 6.07 Å². The third-order valence-electron chi connectivity index (χ3n) is 2.72. The minimum atomic E-state index is -1.03. The van der Waals surface area contributed by atoms with Crippen LogP contribution in [0.15, 0.2) is 23.6 Å². The molecule has 6 heteroatoms. The number of benzene rings is 1. The summed E-state index contributed by atoms with van der Waals surface area (Å²) in [5.74, 6) is 0.258. The Morgan fingerprint density at radius 2 is 2.11 bits per heavy atom. The van der Waals surface area contributed by atoms with E-state index in [2.05, 4.69) is 0 Å². The average molecular weight is 263 g/mol. The van der Waals surface area contributed by atoms with Crippen LogP contribution in [0.4, 0.5) is 5.00 Å². The third kappa shape index (κ3) is 1.58. The highest BCUT2D eigenvalue weighted by atomic mass is 32.1. The number of fused-ring (bicyclic) bond motifs is 1. The van der Waals surface area contributed by atoms with E-state index >= 15 is 0 Å². The number of nitrogens with two attached hydrogens (primary N) is 1. The van der Waals surface area contributed by atoms with Crippen LogP contribution in [0.5, 0.6) is 11.5 Å². The summed E-state index contributed by atoms with van der Waals surface area (Å²) >= 11 is 1.21. The van der Waals surface area contributed by atoms with Gasteiger partial charge in [0.1, 0.15) is 10.6 Å². The van der Waals surface area contributed by atoms with Gasteiger partial charge in [0, 0.05) is 10.9 Å². The van der Waals surface area contributed by atoms with Gasteiger partial charge in [0.2, 0.25) is 6.79 Å². The molecule has 2 heterocycles. The lowest BCUT2D eigenvalue weighted by Crippen LogP contribution is -2.00. The summed E-state index contributed by atoms with van der Waals surface area (Å²) in [6.07, 6.45) is 0. The van der Waals surface area contributed by atoms with Crippen molar-refractivity contribution in [3.63, 3.8) is 0 Å². The number of carboxylic acid groups (broad SMARTS) is 1. The smallest absolute Gasteiger partial charge is 0.339 e. The maximum absolute atomic E-state index is 11.2. The maximum atomic E-state index is 11.2. The van der Waals surface area contributed by atoms with Gasteiger partial charge in [0.15, 0.2) is 11.5 Å². The molecule has 0 radical (unpaired) electrons. The standard InChI is InChI=1S/C12H9NO4S/c13-11-10(12(14)15)7(4-18-11)6-1-2-8-9(3-6)17-5-16-8/h1-4H,5,13H2,(H,14,15). The van der Waals surface area contributed by atoms with Crippen LogP contribution >= 0.6 is 11.3 Å². The van der Waals surface area contributed by atoms with Gasteiger partial charge in [0.05, 0.1) is 0 Å². The molecule has 0 spiro atoms. The van der Waals surface area contributed by atoms with E-state index in [1.165, 1.54) is 11.3 Å². The summed E-state index contributed by atoms with van der Waals surface area (Å²) in [6, 6.07) is 5.31. The highest BCUT2D eigenvalue weighted by molar-refractivity contribution is 7.14. The van der Waals surface area contributed by atoms with Crippen LogP contribution in [0.1, 0.15) is 10.4 Å². The van der Waals surface area contributed by atoms with E-state index in [1.807, 2.05) is 0 Å². The molecule has 0 fully saturated rings. The lowest BCUT2D eigenvalue weighted by molar-refractivity contribution is 0.0699. The molecule has 3 rings (SSSR count). The number of nitrogen functional groups attached to an aromatic ring is 1. The summed E-state index contributed by atoms with van der Waals surface area (Å²) in [4.78, 5) is 11.2. The minimum Gasteiger partial charge on any atom is -0.478 e. The summed E-state index contributed by atoms with van der Waals surface area (Å²) in [5.41, 5.74) is 7.17. The number of ether oxygens (including phenoxy) is 2. The summed E-state index contributed by atoms with van der Waals surface area (Å²) in [6.45, 7) is 0.191. The molecule has 0 saturated heterocycles. The Hall–Kier alpha value is -2.21. The first-order valence-electron chi connectivity index (χ1n) is 5.17. The first-order valence-corrected chi connectivity index (χ1v) is 6.05. The van der Waals surface area contributed by atoms with E-state index < -0.39 is 5.97 Å². The van der Waals surface area contributed by atoms with E-state index in [4.69, 9.17) is 20.3 Å². The van der Waals surface area contributed by atoms with Crippen molar-refractivity contribution in [2.24, 2.45) is 0 Å². The van der Waals surface area contributed by atoms with Crippen LogP contribution in [0.3, 0.4) is 0 Å². The van der Waals surface area contributed by atoms with Crippen molar-refractivity contribution in [3.05, 3.63) is 29.1 Å². The maximum Gasteiger partial charge on any atom is 0.339 e. The zero-order chi connectivity index (χ0) is 12.7. The molecule has 1 aromatic heterocycles. The summed E-state index contributed by atoms with van der Waals surface area (Å²) < 4.78 is 10.5. The number of carbonyl (C=O) groups is 1. The molecule has 18 heavy (non-hydrogen) atoms. The Kier molecular flexibility index (Phi) is 2.38. The van der Waals surface area contributed by atoms with Crippen LogP contribution in [0, 0.1) is 0 Å². The fraction of sp³-hybridized carbons (Fsp3) is 0.0833. The first kappa shape index (κ1) is 10.9. The first-order chi connectivity index (χ1) is 8.66. The van der Waals surface area contributed by atoms with Crippen molar-refractivity contribution < 1.29 is 19.4 Å². The molecule has 92 valence electrons. The number of hydrogen-bond donors (Lipinski definition) is 2. The molecule has 0 amide bonds. The molecule has 1 aliphatic heterocycles. The normalized spacial score (nSPS) is 12.7. The minimum absolute atomic E-state index is 0.138. The Morgan fingerprint density at radius 3 is 2.89 bits per heavy atom. The van der Waals surface area contributed by atoms with Gasteiger partial charge in [-0.2, -0.15) is 0 Å². The van der Waals surface area contributed by atoms with Crippen molar-refractivity contribution in [3.8, 4) is 22.6 Å². The largest absolute Gasteiger partial charge is 0.478 e. The van der Waals surface area contributed by atoms with Gasteiger partial charge in [0.25, 0.3) is 0 Å². The Morgan fingerprint density at radius 1 is 1.33 bits per heavy atom. The second kappa shape index (κ2) is 3.92. The quantitative estimate of drug-likeness (QED) is 0.869. The molecule has 0 atom stereocenters. The zero-order valence-corrected chi connectivity index (χ0v) is 9.99. The van der Waals surface area contributed by atoms with Crippen molar-refractivity contribution in [2.45, 2.75) is 0 Å². The fourth-order valence-corrected chi connectivity index (χ4v) is 2.68. The molecular formula is C12H9NO4S. The number of thiophene rings is 1. The molecule has 1 aromatic carbocycles. The SMILES string of the molecule is Nc1scc(-c2ccc3c(c2)OCO3)c1C(=O)O. The van der Waals surface area contributed by atoms with Gasteiger partial charge >= 0.3 is 5.97 Å². The Bertz CT molecular complexity index is 635. The fourth-order valence-electron chi connectivity index (χ4n) is 1.87. The lowest BCUT2D eigenvalue weighted by atomic mass is 10.0. The number of carboxylic acids is 1. The molecule has 0 aliphatic carbocycles. The number of aromatic carboxylic acids is 1. The molecule has 0 saturated carbocycles. The van der Waals surface area contributed by atoms with Crippen molar-refractivity contribution in [1.29, 1.82) is 0 Å². The molecule has 1 aliphatic rings. The number of anilines is 1. The van der Waals surface area contributed by atoms with E-state index in [-0.39, 0.29) is 12.4 Å². The predicted molar refractivity (Wildman–Crippen MR) is 67.2 cm³/mol. The number of hydrogen-bond acceptors (Lipinski definition) is 5. The molecule has 3 N–H and O–H groups in total. The Balaban J connectivity index is 2.13. The highest BCUT2D eigenvalue weighted by Crippen LogP contribution is 2.39. The highest BCUT2D eigenvalue weighted by Gasteiger charge is 2.20. The van der Waals surface area contributed by atoms with Crippen LogP contribution in [-0.4, -0.2) is 17.9 Å². The van der Waals surface area contributed by atoms with Crippen LogP contribution < -0.4 is 15.2 Å². The van der Waals surface area contributed by atoms with Crippen LogP contribution in [-0.2, 0) is 0 Å². The molecule has 2 aromatic rings. The van der Waals surface area contributed by atoms with Gasteiger partial charge in [-0.15, -0.1) is 11.3 Å². The van der Waals surface area contributed by atoms with Crippen LogP contribution in [0.2, 0.25) is 0 Å². The van der Waals surface area contributed by atoms with Crippen molar-refractivity contribution >= 4 is 22.3 Å². The third-order valence-corrected chi connectivity index (χ3v) is 3.53. The van der Waals surface area contributed by atoms with Crippen molar-refractivity contribution in [2.75, 3.05) is 12.5 Å². The van der Waals surface area contributed by atoms with Gasteiger partial charge in [-0.25, -0.2) is 4.79 Å². The summed E-state index contributed by atoms with van der Waals surface area (Å²) in [7, 11) is 0. The second-order valence-electron chi connectivity index (χ2n) is 3.76. The molecule has 0 unspecified atom stereocenters. The number of rotatable bonds is 2. The topological polar surface area (TPSA) is 81.8 Å².